The van der Waals surface area contributed by atoms with E-state index in [1.54, 1.807) is 12.1 Å². The molecule has 2 aromatic heterocycles. The first-order chi connectivity index (χ1) is 16.7. The Morgan fingerprint density at radius 1 is 1.20 bits per heavy atom. The van der Waals surface area contributed by atoms with Crippen molar-refractivity contribution in [3.8, 4) is 11.8 Å². The van der Waals surface area contributed by atoms with E-state index in [9.17, 15) is 4.79 Å². The van der Waals surface area contributed by atoms with Gasteiger partial charge in [-0.15, -0.1) is 0 Å². The lowest BCUT2D eigenvalue weighted by Gasteiger charge is -2.33. The minimum atomic E-state index is -0.758. The summed E-state index contributed by atoms with van der Waals surface area (Å²) in [6, 6.07) is 5.69. The van der Waals surface area contributed by atoms with Gasteiger partial charge in [-0.25, -0.2) is 14.8 Å². The molecular weight excluding hydrogens is 442 g/mol. The Morgan fingerprint density at radius 2 is 2.00 bits per heavy atom. The summed E-state index contributed by atoms with van der Waals surface area (Å²) in [5.74, 6) is 7.87. The summed E-state index contributed by atoms with van der Waals surface area (Å²) in [6.07, 6.45) is 5.77. The molecule has 0 spiro atoms. The summed E-state index contributed by atoms with van der Waals surface area (Å²) >= 11 is 0. The van der Waals surface area contributed by atoms with Gasteiger partial charge in [0.1, 0.15) is 22.9 Å². The van der Waals surface area contributed by atoms with E-state index in [0.717, 1.165) is 63.2 Å². The van der Waals surface area contributed by atoms with Crippen LogP contribution < -0.4 is 16.0 Å². The van der Waals surface area contributed by atoms with Crippen LogP contribution in [0.5, 0.6) is 0 Å². The number of ether oxygens (including phenoxy) is 2. The quantitative estimate of drug-likeness (QED) is 0.512. The minimum Gasteiger partial charge on any atom is -0.449 e. The Hall–Kier alpha value is -3.15. The van der Waals surface area contributed by atoms with Gasteiger partial charge in [-0.3, -0.25) is 0 Å². The van der Waals surface area contributed by atoms with Gasteiger partial charge in [-0.2, -0.15) is 0 Å². The van der Waals surface area contributed by atoms with Crippen LogP contribution in [0.1, 0.15) is 68.1 Å². The first-order valence-corrected chi connectivity index (χ1v) is 12.4. The number of carbonyl (C=O) groups excluding carboxylic acids is 1. The maximum atomic E-state index is 12.1. The van der Waals surface area contributed by atoms with Crippen molar-refractivity contribution in [1.82, 2.24) is 9.97 Å². The van der Waals surface area contributed by atoms with Crippen LogP contribution in [0.4, 0.5) is 17.3 Å². The molecule has 5 heterocycles. The van der Waals surface area contributed by atoms with Gasteiger partial charge in [0.25, 0.3) is 0 Å². The van der Waals surface area contributed by atoms with Crippen LogP contribution in [0.25, 0.3) is 0 Å². The fourth-order valence-corrected chi connectivity index (χ4v) is 4.88. The van der Waals surface area contributed by atoms with Crippen molar-refractivity contribution in [3.05, 3.63) is 41.2 Å². The maximum Gasteiger partial charge on any atom is 0.341 e. The molecule has 8 heteroatoms. The van der Waals surface area contributed by atoms with E-state index in [-0.39, 0.29) is 17.4 Å². The molecule has 0 aliphatic carbocycles. The first-order valence-electron chi connectivity index (χ1n) is 12.4. The van der Waals surface area contributed by atoms with Gasteiger partial charge in [-0.05, 0) is 58.6 Å². The molecule has 2 saturated heterocycles. The third-order valence-corrected chi connectivity index (χ3v) is 7.07. The molecule has 184 valence electrons. The summed E-state index contributed by atoms with van der Waals surface area (Å²) in [4.78, 5) is 23.7. The number of rotatable bonds is 3. The number of hydrogen-bond donors (Lipinski definition) is 2. The molecule has 5 rings (SSSR count). The van der Waals surface area contributed by atoms with Crippen molar-refractivity contribution >= 4 is 23.3 Å². The third-order valence-electron chi connectivity index (χ3n) is 7.07. The number of fused-ring (bicyclic) bond motifs is 1. The fourth-order valence-electron chi connectivity index (χ4n) is 4.88. The summed E-state index contributed by atoms with van der Waals surface area (Å²) in [7, 11) is 0. The van der Waals surface area contributed by atoms with E-state index in [1.165, 1.54) is 0 Å². The smallest absolute Gasteiger partial charge is 0.341 e. The number of pyridine rings is 2. The monoisotopic (exact) mass is 475 g/mol. The third kappa shape index (κ3) is 4.97. The number of cyclic esters (lactones) is 1. The van der Waals surface area contributed by atoms with Crippen molar-refractivity contribution in [2.75, 3.05) is 36.5 Å². The van der Waals surface area contributed by atoms with Gasteiger partial charge in [-0.1, -0.05) is 11.8 Å². The molecule has 2 fully saturated rings. The SMILES string of the molecule is CC1(C#Cc2cnc(Nc3ccc4c(n3)C(C)(C)OC4=O)cc2N2CCC[C@H](N)C2)CCOCC1. The molecule has 0 amide bonds. The number of nitrogens with zero attached hydrogens (tertiary/aromatic N) is 3. The Balaban J connectivity index is 1.46. The summed E-state index contributed by atoms with van der Waals surface area (Å²) in [5, 5.41) is 3.31. The summed E-state index contributed by atoms with van der Waals surface area (Å²) in [6.45, 7) is 9.11. The normalized spacial score (nSPS) is 22.6. The van der Waals surface area contributed by atoms with Gasteiger partial charge in [0.2, 0.25) is 0 Å². The average molecular weight is 476 g/mol. The topological polar surface area (TPSA) is 103 Å². The van der Waals surface area contributed by atoms with Crippen molar-refractivity contribution in [3.63, 3.8) is 0 Å². The van der Waals surface area contributed by atoms with Crippen LogP contribution in [-0.4, -0.2) is 48.3 Å². The highest BCUT2D eigenvalue weighted by molar-refractivity contribution is 5.94. The molecule has 3 N–H and O–H groups in total. The fraction of sp³-hybridized carbons (Fsp3) is 0.519. The van der Waals surface area contributed by atoms with Crippen molar-refractivity contribution in [2.45, 2.75) is 58.1 Å². The second kappa shape index (κ2) is 9.14. The molecule has 0 radical (unpaired) electrons. The zero-order valence-electron chi connectivity index (χ0n) is 20.7. The Kier molecular flexibility index (Phi) is 6.16. The zero-order chi connectivity index (χ0) is 24.6. The highest BCUT2D eigenvalue weighted by Gasteiger charge is 2.39. The van der Waals surface area contributed by atoms with Gasteiger partial charge >= 0.3 is 5.97 Å². The number of hydrogen-bond acceptors (Lipinski definition) is 8. The Bertz CT molecular complexity index is 1190. The van der Waals surface area contributed by atoms with E-state index in [0.29, 0.717) is 22.9 Å². The molecule has 0 aromatic carbocycles. The molecule has 1 atom stereocenters. The van der Waals surface area contributed by atoms with Crippen LogP contribution >= 0.6 is 0 Å². The number of piperidine rings is 1. The van der Waals surface area contributed by atoms with Crippen LogP contribution in [0.3, 0.4) is 0 Å². The number of aromatic nitrogens is 2. The Labute approximate surface area is 206 Å². The highest BCUT2D eigenvalue weighted by atomic mass is 16.6. The van der Waals surface area contributed by atoms with Gasteiger partial charge in [0.15, 0.2) is 0 Å². The molecule has 3 aliphatic heterocycles. The maximum absolute atomic E-state index is 12.1. The lowest BCUT2D eigenvalue weighted by atomic mass is 9.83. The van der Waals surface area contributed by atoms with Crippen molar-refractivity contribution < 1.29 is 14.3 Å². The minimum absolute atomic E-state index is 0.0502. The van der Waals surface area contributed by atoms with Crippen LogP contribution in [0.15, 0.2) is 24.4 Å². The van der Waals surface area contributed by atoms with Crippen molar-refractivity contribution in [1.29, 1.82) is 0 Å². The molecule has 0 bridgehead atoms. The van der Waals surface area contributed by atoms with E-state index >= 15 is 0 Å². The standard InChI is InChI=1S/C27H33N5O3/c1-26(2)24-20(25(33)35-26)6-7-22(31-24)30-23-15-21(32-12-4-5-19(28)17-32)18(16-29-23)8-9-27(3)10-13-34-14-11-27/h6-7,15-16,19H,4-5,10-14,17,28H2,1-3H3,(H,29,30,31)/t19-/m0/s1. The number of nitrogens with one attached hydrogen (secondary N) is 1. The van der Waals surface area contributed by atoms with E-state index in [4.69, 9.17) is 15.2 Å². The molecule has 0 saturated carbocycles. The lowest BCUT2D eigenvalue weighted by Crippen LogP contribution is -2.43. The number of esters is 1. The lowest BCUT2D eigenvalue weighted by molar-refractivity contribution is 0.00833. The van der Waals surface area contributed by atoms with Crippen LogP contribution in [-0.2, 0) is 15.1 Å². The number of carbonyl (C=O) groups is 1. The summed E-state index contributed by atoms with van der Waals surface area (Å²) < 4.78 is 11.0. The predicted octanol–water partition coefficient (Wildman–Crippen LogP) is 3.72. The van der Waals surface area contributed by atoms with Gasteiger partial charge in [0, 0.05) is 50.0 Å². The van der Waals surface area contributed by atoms with E-state index in [2.05, 4.69) is 38.9 Å². The highest BCUT2D eigenvalue weighted by Crippen LogP contribution is 2.36. The van der Waals surface area contributed by atoms with Gasteiger partial charge < -0.3 is 25.4 Å². The van der Waals surface area contributed by atoms with E-state index in [1.807, 2.05) is 26.1 Å². The molecule has 8 nitrogen and oxygen atoms in total. The largest absolute Gasteiger partial charge is 0.449 e. The molecule has 3 aliphatic rings. The number of anilines is 3. The summed E-state index contributed by atoms with van der Waals surface area (Å²) in [5.41, 5.74) is 8.56. The van der Waals surface area contributed by atoms with E-state index < -0.39 is 5.60 Å². The molecular formula is C27H33N5O3. The van der Waals surface area contributed by atoms with Crippen LogP contribution in [0, 0.1) is 17.3 Å². The number of nitrogens with two attached hydrogens (primary N) is 1. The van der Waals surface area contributed by atoms with Gasteiger partial charge in [0.05, 0.1) is 16.8 Å². The second-order valence-corrected chi connectivity index (χ2v) is 10.5. The second-order valence-electron chi connectivity index (χ2n) is 10.5. The molecule has 35 heavy (non-hydrogen) atoms. The van der Waals surface area contributed by atoms with Crippen molar-refractivity contribution in [2.24, 2.45) is 11.1 Å². The Morgan fingerprint density at radius 3 is 2.77 bits per heavy atom. The predicted molar refractivity (Wildman–Crippen MR) is 135 cm³/mol. The first kappa shape index (κ1) is 23.6. The average Bonchev–Trinajstić information content (AvgIpc) is 3.06. The molecule has 2 aromatic rings. The zero-order valence-corrected chi connectivity index (χ0v) is 20.7. The van der Waals surface area contributed by atoms with Crippen LogP contribution in [0.2, 0.25) is 0 Å². The molecule has 0 unspecified atom stereocenters.